The van der Waals surface area contributed by atoms with E-state index in [1.54, 1.807) is 6.20 Å². The van der Waals surface area contributed by atoms with Crippen LogP contribution < -0.4 is 15.8 Å². The Morgan fingerprint density at radius 1 is 1.56 bits per heavy atom. The van der Waals surface area contributed by atoms with Gasteiger partial charge in [-0.15, -0.1) is 0 Å². The van der Waals surface area contributed by atoms with Crippen molar-refractivity contribution >= 4 is 5.82 Å². The van der Waals surface area contributed by atoms with E-state index in [-0.39, 0.29) is 5.54 Å². The number of hydrogen-bond acceptors (Lipinski definition) is 4. The van der Waals surface area contributed by atoms with Crippen molar-refractivity contribution in [2.24, 2.45) is 5.73 Å². The third-order valence-corrected chi connectivity index (χ3v) is 3.03. The maximum atomic E-state index is 6.14. The molecule has 0 atom stereocenters. The summed E-state index contributed by atoms with van der Waals surface area (Å²) < 4.78 is 5.49. The number of anilines is 1. The molecule has 1 aromatic rings. The van der Waals surface area contributed by atoms with Crippen molar-refractivity contribution in [2.45, 2.75) is 31.7 Å². The van der Waals surface area contributed by atoms with E-state index in [0.29, 0.717) is 6.61 Å². The van der Waals surface area contributed by atoms with Crippen molar-refractivity contribution in [3.8, 4) is 5.75 Å². The van der Waals surface area contributed by atoms with Crippen molar-refractivity contribution in [3.05, 3.63) is 18.3 Å². The van der Waals surface area contributed by atoms with Crippen LogP contribution in [0.5, 0.6) is 5.75 Å². The Kier molecular flexibility index (Phi) is 3.29. The summed E-state index contributed by atoms with van der Waals surface area (Å²) in [5.74, 6) is 1.59. The lowest BCUT2D eigenvalue weighted by Gasteiger charge is -2.38. The molecule has 0 spiro atoms. The Hall–Kier alpha value is -1.29. The summed E-state index contributed by atoms with van der Waals surface area (Å²) in [5.41, 5.74) is 6.10. The molecule has 4 heteroatoms. The fourth-order valence-corrected chi connectivity index (χ4v) is 1.86. The van der Waals surface area contributed by atoms with Crippen molar-refractivity contribution < 1.29 is 4.74 Å². The van der Waals surface area contributed by atoms with Crippen molar-refractivity contribution in [3.63, 3.8) is 0 Å². The molecule has 88 valence electrons. The van der Waals surface area contributed by atoms with E-state index >= 15 is 0 Å². The molecule has 1 fully saturated rings. The van der Waals surface area contributed by atoms with Gasteiger partial charge in [0.2, 0.25) is 0 Å². The van der Waals surface area contributed by atoms with Crippen molar-refractivity contribution in [1.29, 1.82) is 0 Å². The zero-order valence-electron chi connectivity index (χ0n) is 9.70. The van der Waals surface area contributed by atoms with Crippen LogP contribution in [0, 0.1) is 0 Å². The van der Waals surface area contributed by atoms with Gasteiger partial charge in [-0.1, -0.05) is 0 Å². The Morgan fingerprint density at radius 3 is 3.00 bits per heavy atom. The Bertz CT molecular complexity index is 350. The molecular formula is C12H19N3O. The molecule has 1 aromatic heterocycles. The molecule has 4 nitrogen and oxygen atoms in total. The summed E-state index contributed by atoms with van der Waals surface area (Å²) in [6.45, 7) is 3.38. The first-order chi connectivity index (χ1) is 7.73. The van der Waals surface area contributed by atoms with Crippen LogP contribution in [0.3, 0.4) is 0 Å². The largest absolute Gasteiger partial charge is 0.490 e. The van der Waals surface area contributed by atoms with Crippen LogP contribution >= 0.6 is 0 Å². The number of nitrogens with two attached hydrogens (primary N) is 1. The second-order valence-corrected chi connectivity index (χ2v) is 4.35. The average Bonchev–Trinajstić information content (AvgIpc) is 2.26. The SMILES string of the molecule is CCOc1cccnc1NCC1(N)CCC1. The van der Waals surface area contributed by atoms with Gasteiger partial charge in [0.1, 0.15) is 0 Å². The van der Waals surface area contributed by atoms with Gasteiger partial charge in [0.15, 0.2) is 11.6 Å². The van der Waals surface area contributed by atoms with Crippen LogP contribution in [0.4, 0.5) is 5.82 Å². The summed E-state index contributed by atoms with van der Waals surface area (Å²) in [6.07, 6.45) is 5.18. The first-order valence-electron chi connectivity index (χ1n) is 5.84. The summed E-state index contributed by atoms with van der Waals surface area (Å²) >= 11 is 0. The van der Waals surface area contributed by atoms with E-state index in [0.717, 1.165) is 31.0 Å². The number of nitrogens with zero attached hydrogens (tertiary/aromatic N) is 1. The quantitative estimate of drug-likeness (QED) is 0.795. The van der Waals surface area contributed by atoms with Gasteiger partial charge >= 0.3 is 0 Å². The zero-order chi connectivity index (χ0) is 11.4. The molecule has 16 heavy (non-hydrogen) atoms. The van der Waals surface area contributed by atoms with Gasteiger partial charge in [0.05, 0.1) is 6.61 Å². The summed E-state index contributed by atoms with van der Waals surface area (Å²) in [7, 11) is 0. The molecule has 0 radical (unpaired) electrons. The topological polar surface area (TPSA) is 60.2 Å². The maximum Gasteiger partial charge on any atom is 0.168 e. The second-order valence-electron chi connectivity index (χ2n) is 4.35. The zero-order valence-corrected chi connectivity index (χ0v) is 9.70. The lowest BCUT2D eigenvalue weighted by Crippen LogP contribution is -2.52. The molecule has 1 saturated carbocycles. The first-order valence-corrected chi connectivity index (χ1v) is 5.84. The minimum absolute atomic E-state index is 0.0407. The van der Waals surface area contributed by atoms with Crippen LogP contribution in [0.15, 0.2) is 18.3 Å². The van der Waals surface area contributed by atoms with Crippen molar-refractivity contribution in [1.82, 2.24) is 4.98 Å². The number of rotatable bonds is 5. The highest BCUT2D eigenvalue weighted by molar-refractivity contribution is 5.49. The summed E-state index contributed by atoms with van der Waals surface area (Å²) in [4.78, 5) is 4.27. The Morgan fingerprint density at radius 2 is 2.38 bits per heavy atom. The van der Waals surface area contributed by atoms with Gasteiger partial charge in [-0.25, -0.2) is 4.98 Å². The highest BCUT2D eigenvalue weighted by Gasteiger charge is 2.32. The average molecular weight is 221 g/mol. The van der Waals surface area contributed by atoms with E-state index in [1.807, 2.05) is 19.1 Å². The lowest BCUT2D eigenvalue weighted by atomic mass is 9.78. The molecular weight excluding hydrogens is 202 g/mol. The number of pyridine rings is 1. The van der Waals surface area contributed by atoms with Crippen LogP contribution in [0.1, 0.15) is 26.2 Å². The van der Waals surface area contributed by atoms with Crippen LogP contribution in [0.25, 0.3) is 0 Å². The highest BCUT2D eigenvalue weighted by Crippen LogP contribution is 2.30. The van der Waals surface area contributed by atoms with Gasteiger partial charge in [0, 0.05) is 18.3 Å². The van der Waals surface area contributed by atoms with Gasteiger partial charge < -0.3 is 15.8 Å². The number of nitrogens with one attached hydrogen (secondary N) is 1. The fraction of sp³-hybridized carbons (Fsp3) is 0.583. The molecule has 0 amide bonds. The number of aromatic nitrogens is 1. The minimum Gasteiger partial charge on any atom is -0.490 e. The van der Waals surface area contributed by atoms with Crippen molar-refractivity contribution in [2.75, 3.05) is 18.5 Å². The van der Waals surface area contributed by atoms with E-state index in [2.05, 4.69) is 10.3 Å². The molecule has 1 heterocycles. The Labute approximate surface area is 96.2 Å². The summed E-state index contributed by atoms with van der Waals surface area (Å²) in [5, 5.41) is 3.28. The van der Waals surface area contributed by atoms with Crippen LogP contribution in [-0.2, 0) is 0 Å². The Balaban J connectivity index is 1.97. The smallest absolute Gasteiger partial charge is 0.168 e. The predicted molar refractivity (Wildman–Crippen MR) is 64.7 cm³/mol. The monoisotopic (exact) mass is 221 g/mol. The lowest BCUT2D eigenvalue weighted by molar-refractivity contribution is 0.264. The van der Waals surface area contributed by atoms with Gasteiger partial charge in [0.25, 0.3) is 0 Å². The molecule has 3 N–H and O–H groups in total. The molecule has 0 unspecified atom stereocenters. The third kappa shape index (κ3) is 2.44. The normalized spacial score (nSPS) is 17.6. The molecule has 0 aliphatic heterocycles. The standard InChI is InChI=1S/C12H19N3O/c1-2-16-10-5-3-8-14-11(10)15-9-12(13)6-4-7-12/h3,5,8H,2,4,6-7,9,13H2,1H3,(H,14,15). The fourth-order valence-electron chi connectivity index (χ4n) is 1.86. The molecule has 0 aromatic carbocycles. The number of ether oxygens (including phenoxy) is 1. The third-order valence-electron chi connectivity index (χ3n) is 3.03. The molecule has 2 rings (SSSR count). The predicted octanol–water partition coefficient (Wildman–Crippen LogP) is 1.77. The molecule has 0 bridgehead atoms. The second kappa shape index (κ2) is 4.70. The van der Waals surface area contributed by atoms with E-state index in [1.165, 1.54) is 6.42 Å². The minimum atomic E-state index is -0.0407. The van der Waals surface area contributed by atoms with E-state index in [9.17, 15) is 0 Å². The number of hydrogen-bond donors (Lipinski definition) is 2. The van der Waals surface area contributed by atoms with E-state index in [4.69, 9.17) is 10.5 Å². The van der Waals surface area contributed by atoms with Gasteiger partial charge in [-0.3, -0.25) is 0 Å². The molecule has 1 aliphatic rings. The summed E-state index contributed by atoms with van der Waals surface area (Å²) in [6, 6.07) is 3.79. The van der Waals surface area contributed by atoms with Crippen LogP contribution in [-0.4, -0.2) is 23.7 Å². The van der Waals surface area contributed by atoms with Gasteiger partial charge in [-0.2, -0.15) is 0 Å². The highest BCUT2D eigenvalue weighted by atomic mass is 16.5. The van der Waals surface area contributed by atoms with Crippen LogP contribution in [0.2, 0.25) is 0 Å². The molecule has 1 aliphatic carbocycles. The first kappa shape index (κ1) is 11.2. The maximum absolute atomic E-state index is 6.14. The van der Waals surface area contributed by atoms with Gasteiger partial charge in [-0.05, 0) is 38.3 Å². The van der Waals surface area contributed by atoms with E-state index < -0.39 is 0 Å². The molecule has 0 saturated heterocycles.